The van der Waals surface area contributed by atoms with Crippen LogP contribution in [0.15, 0.2) is 22.7 Å². The molecule has 1 aromatic rings. The van der Waals surface area contributed by atoms with Gasteiger partial charge in [-0.2, -0.15) is 0 Å². The molecule has 100 valence electrons. The molecule has 2 N–H and O–H groups in total. The van der Waals surface area contributed by atoms with Crippen LogP contribution < -0.4 is 10.6 Å². The van der Waals surface area contributed by atoms with Gasteiger partial charge >= 0.3 is 0 Å². The number of nitrogens with two attached hydrogens (primary N) is 1. The Bertz CT molecular complexity index is 406. The number of nitrogens with zero attached hydrogens (tertiary/aromatic N) is 2. The molecule has 0 spiro atoms. The van der Waals surface area contributed by atoms with E-state index in [4.69, 9.17) is 5.73 Å². The van der Waals surface area contributed by atoms with E-state index in [9.17, 15) is 0 Å². The normalized spacial score (nSPS) is 20.5. The second kappa shape index (κ2) is 6.04. The van der Waals surface area contributed by atoms with E-state index in [1.54, 1.807) is 0 Å². The summed E-state index contributed by atoms with van der Waals surface area (Å²) < 4.78 is 1.12. The van der Waals surface area contributed by atoms with Crippen molar-refractivity contribution in [1.29, 1.82) is 0 Å². The molecule has 1 fully saturated rings. The van der Waals surface area contributed by atoms with Gasteiger partial charge in [0, 0.05) is 35.8 Å². The van der Waals surface area contributed by atoms with Gasteiger partial charge < -0.3 is 15.5 Å². The van der Waals surface area contributed by atoms with E-state index in [1.165, 1.54) is 24.1 Å². The molecule has 0 saturated carbocycles. The van der Waals surface area contributed by atoms with E-state index in [0.717, 1.165) is 17.6 Å². The number of benzene rings is 1. The summed E-state index contributed by atoms with van der Waals surface area (Å²) in [5.41, 5.74) is 8.15. The molecule has 18 heavy (non-hydrogen) atoms. The van der Waals surface area contributed by atoms with Gasteiger partial charge in [0.15, 0.2) is 0 Å². The number of likely N-dealkylation sites (N-methyl/N-ethyl adjacent to an activating group) is 1. The lowest BCUT2D eigenvalue weighted by Crippen LogP contribution is -2.45. The molecular formula is C14H22BrN3. The lowest BCUT2D eigenvalue weighted by Gasteiger charge is -2.37. The molecule has 0 bridgehead atoms. The third-order valence-corrected chi connectivity index (χ3v) is 4.49. The Morgan fingerprint density at radius 1 is 1.44 bits per heavy atom. The van der Waals surface area contributed by atoms with Crippen LogP contribution in [0.2, 0.25) is 0 Å². The number of halogens is 1. The Labute approximate surface area is 118 Å². The van der Waals surface area contributed by atoms with Gasteiger partial charge in [-0.05, 0) is 44.6 Å². The first-order chi connectivity index (χ1) is 8.61. The zero-order valence-corrected chi connectivity index (χ0v) is 12.8. The fourth-order valence-corrected chi connectivity index (χ4v) is 3.04. The summed E-state index contributed by atoms with van der Waals surface area (Å²) in [6, 6.07) is 7.16. The zero-order valence-electron chi connectivity index (χ0n) is 11.2. The predicted octanol–water partition coefficient (Wildman–Crippen LogP) is 2.44. The minimum atomic E-state index is 0.585. The van der Waals surface area contributed by atoms with Gasteiger partial charge in [0.2, 0.25) is 0 Å². The van der Waals surface area contributed by atoms with Crippen LogP contribution in [0.25, 0.3) is 0 Å². The minimum Gasteiger partial charge on any atom is -0.370 e. The average Bonchev–Trinajstić information content (AvgIpc) is 2.38. The van der Waals surface area contributed by atoms with Gasteiger partial charge in [0.25, 0.3) is 0 Å². The Morgan fingerprint density at radius 2 is 2.22 bits per heavy atom. The first kappa shape index (κ1) is 13.8. The highest BCUT2D eigenvalue weighted by Gasteiger charge is 2.21. The summed E-state index contributed by atoms with van der Waals surface area (Å²) in [6.45, 7) is 2.85. The summed E-state index contributed by atoms with van der Waals surface area (Å²) in [6.07, 6.45) is 2.56. The van der Waals surface area contributed by atoms with E-state index < -0.39 is 0 Å². The van der Waals surface area contributed by atoms with Crippen molar-refractivity contribution in [3.63, 3.8) is 0 Å². The van der Waals surface area contributed by atoms with E-state index in [2.05, 4.69) is 58.0 Å². The number of anilines is 1. The molecular weight excluding hydrogens is 290 g/mol. The van der Waals surface area contributed by atoms with Gasteiger partial charge in [-0.15, -0.1) is 0 Å². The molecule has 0 aromatic heterocycles. The molecule has 1 aliphatic heterocycles. The Morgan fingerprint density at radius 3 is 2.83 bits per heavy atom. The number of hydrogen-bond donors (Lipinski definition) is 1. The van der Waals surface area contributed by atoms with Crippen LogP contribution >= 0.6 is 15.9 Å². The summed E-state index contributed by atoms with van der Waals surface area (Å²) in [5, 5.41) is 0. The Hall–Kier alpha value is -0.580. The fourth-order valence-electron chi connectivity index (χ4n) is 2.51. The topological polar surface area (TPSA) is 32.5 Å². The van der Waals surface area contributed by atoms with Crippen LogP contribution in [0.5, 0.6) is 0 Å². The Balaban J connectivity index is 2.13. The van der Waals surface area contributed by atoms with Crippen LogP contribution in [0.1, 0.15) is 18.4 Å². The molecule has 1 heterocycles. The molecule has 0 aliphatic carbocycles. The van der Waals surface area contributed by atoms with Gasteiger partial charge in [-0.1, -0.05) is 22.0 Å². The number of rotatable bonds is 3. The van der Waals surface area contributed by atoms with Crippen LogP contribution in [-0.4, -0.2) is 38.1 Å². The number of piperidine rings is 1. The second-order valence-corrected chi connectivity index (χ2v) is 6.04. The van der Waals surface area contributed by atoms with Crippen molar-refractivity contribution in [1.82, 2.24) is 4.90 Å². The van der Waals surface area contributed by atoms with Gasteiger partial charge in [0.05, 0.1) is 0 Å². The van der Waals surface area contributed by atoms with Crippen LogP contribution in [-0.2, 0) is 6.54 Å². The average molecular weight is 312 g/mol. The van der Waals surface area contributed by atoms with Crippen molar-refractivity contribution in [2.24, 2.45) is 5.73 Å². The quantitative estimate of drug-likeness (QED) is 0.930. The van der Waals surface area contributed by atoms with Crippen LogP contribution in [0, 0.1) is 0 Å². The molecule has 1 saturated heterocycles. The van der Waals surface area contributed by atoms with Crippen molar-refractivity contribution in [3.05, 3.63) is 28.2 Å². The third-order valence-electron chi connectivity index (χ3n) is 3.75. The highest BCUT2D eigenvalue weighted by Crippen LogP contribution is 2.27. The van der Waals surface area contributed by atoms with E-state index in [0.29, 0.717) is 12.6 Å². The molecule has 4 heteroatoms. The van der Waals surface area contributed by atoms with Crippen molar-refractivity contribution in [2.75, 3.05) is 32.1 Å². The van der Waals surface area contributed by atoms with E-state index >= 15 is 0 Å². The lowest BCUT2D eigenvalue weighted by atomic mass is 10.0. The molecule has 1 unspecified atom stereocenters. The summed E-state index contributed by atoms with van der Waals surface area (Å²) >= 11 is 3.60. The number of hydrogen-bond acceptors (Lipinski definition) is 3. The molecule has 0 amide bonds. The highest BCUT2D eigenvalue weighted by molar-refractivity contribution is 9.10. The standard InChI is InChI=1S/C14H22BrN3/c1-17(2)13-4-3-7-18(10-13)12-6-5-11(9-16)14(15)8-12/h5-6,8,13H,3-4,7,9-10,16H2,1-2H3. The second-order valence-electron chi connectivity index (χ2n) is 5.19. The van der Waals surface area contributed by atoms with Gasteiger partial charge in [0.1, 0.15) is 0 Å². The van der Waals surface area contributed by atoms with Crippen molar-refractivity contribution < 1.29 is 0 Å². The maximum Gasteiger partial charge on any atom is 0.0378 e. The van der Waals surface area contributed by atoms with Crippen LogP contribution in [0.4, 0.5) is 5.69 Å². The lowest BCUT2D eigenvalue weighted by molar-refractivity contribution is 0.258. The highest BCUT2D eigenvalue weighted by atomic mass is 79.9. The summed E-state index contributed by atoms with van der Waals surface area (Å²) in [4.78, 5) is 4.80. The maximum absolute atomic E-state index is 5.69. The molecule has 1 atom stereocenters. The monoisotopic (exact) mass is 311 g/mol. The first-order valence-electron chi connectivity index (χ1n) is 6.51. The van der Waals surface area contributed by atoms with Gasteiger partial charge in [-0.3, -0.25) is 0 Å². The van der Waals surface area contributed by atoms with Gasteiger partial charge in [-0.25, -0.2) is 0 Å². The SMILES string of the molecule is CN(C)C1CCCN(c2ccc(CN)c(Br)c2)C1. The Kier molecular flexibility index (Phi) is 4.65. The predicted molar refractivity (Wildman–Crippen MR) is 81.0 cm³/mol. The molecule has 1 aromatic carbocycles. The largest absolute Gasteiger partial charge is 0.370 e. The van der Waals surface area contributed by atoms with E-state index in [-0.39, 0.29) is 0 Å². The summed E-state index contributed by atoms with van der Waals surface area (Å²) in [7, 11) is 4.34. The molecule has 1 aliphatic rings. The minimum absolute atomic E-state index is 0.585. The maximum atomic E-state index is 5.69. The summed E-state index contributed by atoms with van der Waals surface area (Å²) in [5.74, 6) is 0. The van der Waals surface area contributed by atoms with Crippen molar-refractivity contribution in [2.45, 2.75) is 25.4 Å². The smallest absolute Gasteiger partial charge is 0.0378 e. The third kappa shape index (κ3) is 3.05. The van der Waals surface area contributed by atoms with Crippen molar-refractivity contribution >= 4 is 21.6 Å². The van der Waals surface area contributed by atoms with Crippen molar-refractivity contribution in [3.8, 4) is 0 Å². The van der Waals surface area contributed by atoms with Crippen LogP contribution in [0.3, 0.4) is 0 Å². The molecule has 3 nitrogen and oxygen atoms in total. The zero-order chi connectivity index (χ0) is 13.1. The van der Waals surface area contributed by atoms with E-state index in [1.807, 2.05) is 0 Å². The molecule has 2 rings (SSSR count). The first-order valence-corrected chi connectivity index (χ1v) is 7.31. The molecule has 0 radical (unpaired) electrons. The fraction of sp³-hybridized carbons (Fsp3) is 0.571.